The van der Waals surface area contributed by atoms with Gasteiger partial charge in [0.2, 0.25) is 5.91 Å². The van der Waals surface area contributed by atoms with Gasteiger partial charge in [-0.3, -0.25) is 4.79 Å². The molecule has 1 heterocycles. The molecule has 118 valence electrons. The van der Waals surface area contributed by atoms with Gasteiger partial charge in [0.05, 0.1) is 12.8 Å². The summed E-state index contributed by atoms with van der Waals surface area (Å²) in [4.78, 5) is 23.9. The van der Waals surface area contributed by atoms with E-state index in [-0.39, 0.29) is 17.5 Å². The summed E-state index contributed by atoms with van der Waals surface area (Å²) >= 11 is 0. The number of methoxy groups -OCH3 is 1. The Labute approximate surface area is 125 Å². The average Bonchev–Trinajstić information content (AvgIpc) is 2.87. The van der Waals surface area contributed by atoms with Crippen molar-refractivity contribution < 1.29 is 14.3 Å². The van der Waals surface area contributed by atoms with Crippen LogP contribution >= 0.6 is 0 Å². The first-order chi connectivity index (χ1) is 9.79. The number of carbonyl (C=O) groups excluding carboxylic acids is 2. The first-order valence-corrected chi connectivity index (χ1v) is 7.10. The minimum Gasteiger partial charge on any atom is -0.464 e. The highest BCUT2D eigenvalue weighted by molar-refractivity contribution is 5.88. The van der Waals surface area contributed by atoms with Gasteiger partial charge in [0.25, 0.3) is 0 Å². The lowest BCUT2D eigenvalue weighted by molar-refractivity contribution is -0.124. The van der Waals surface area contributed by atoms with Crippen molar-refractivity contribution in [2.75, 3.05) is 13.7 Å². The first kappa shape index (κ1) is 17.1. The van der Waals surface area contributed by atoms with Crippen molar-refractivity contribution in [3.05, 3.63) is 11.4 Å². The van der Waals surface area contributed by atoms with Crippen LogP contribution in [0.1, 0.15) is 62.8 Å². The number of aromatic nitrogens is 3. The van der Waals surface area contributed by atoms with Crippen molar-refractivity contribution in [1.29, 1.82) is 0 Å². The van der Waals surface area contributed by atoms with Crippen LogP contribution in [-0.4, -0.2) is 40.5 Å². The molecule has 0 spiro atoms. The van der Waals surface area contributed by atoms with Crippen molar-refractivity contribution >= 4 is 11.9 Å². The molecule has 1 atom stereocenters. The van der Waals surface area contributed by atoms with E-state index in [2.05, 4.69) is 15.6 Å². The number of nitrogens with one attached hydrogen (secondary N) is 1. The van der Waals surface area contributed by atoms with E-state index in [1.165, 1.54) is 11.8 Å². The monoisotopic (exact) mass is 296 g/mol. The molecule has 0 radical (unpaired) electrons. The molecule has 1 aromatic heterocycles. The second-order valence-electron chi connectivity index (χ2n) is 5.73. The van der Waals surface area contributed by atoms with Crippen LogP contribution in [0.2, 0.25) is 0 Å². The van der Waals surface area contributed by atoms with Crippen LogP contribution in [0, 0.1) is 5.92 Å². The van der Waals surface area contributed by atoms with Crippen molar-refractivity contribution in [2.24, 2.45) is 5.92 Å². The fraction of sp³-hybridized carbons (Fsp3) is 0.714. The number of carbonyl (C=O) groups is 2. The molecule has 1 amide bonds. The summed E-state index contributed by atoms with van der Waals surface area (Å²) in [5, 5.41) is 10.7. The van der Waals surface area contributed by atoms with E-state index in [1.54, 1.807) is 6.92 Å². The van der Waals surface area contributed by atoms with Gasteiger partial charge in [-0.15, -0.1) is 5.10 Å². The van der Waals surface area contributed by atoms with E-state index in [4.69, 9.17) is 4.74 Å². The maximum atomic E-state index is 12.2. The molecule has 0 bridgehead atoms. The molecule has 1 unspecified atom stereocenters. The minimum atomic E-state index is -0.542. The summed E-state index contributed by atoms with van der Waals surface area (Å²) in [5.74, 6) is -0.326. The van der Waals surface area contributed by atoms with Crippen molar-refractivity contribution in [2.45, 2.75) is 46.6 Å². The summed E-state index contributed by atoms with van der Waals surface area (Å²) in [6.07, 6.45) is 0. The minimum absolute atomic E-state index is 0.00514. The molecule has 1 N–H and O–H groups in total. The van der Waals surface area contributed by atoms with Gasteiger partial charge in [-0.25, -0.2) is 9.48 Å². The first-order valence-electron chi connectivity index (χ1n) is 7.10. The van der Waals surface area contributed by atoms with Crippen molar-refractivity contribution in [3.63, 3.8) is 0 Å². The highest BCUT2D eigenvalue weighted by Gasteiger charge is 2.27. The lowest BCUT2D eigenvalue weighted by Gasteiger charge is -2.17. The average molecular weight is 296 g/mol. The Bertz CT molecular complexity index is 508. The largest absolute Gasteiger partial charge is 0.464 e. The topological polar surface area (TPSA) is 86.1 Å². The predicted molar refractivity (Wildman–Crippen MR) is 78.0 cm³/mol. The quantitative estimate of drug-likeness (QED) is 0.804. The Kier molecular flexibility index (Phi) is 5.87. The fourth-order valence-electron chi connectivity index (χ4n) is 1.93. The molecule has 0 aromatic carbocycles. The van der Waals surface area contributed by atoms with Crippen LogP contribution in [0.5, 0.6) is 0 Å². The van der Waals surface area contributed by atoms with Gasteiger partial charge in [0.1, 0.15) is 6.04 Å². The van der Waals surface area contributed by atoms with Gasteiger partial charge in [-0.05, 0) is 18.8 Å². The number of amides is 1. The van der Waals surface area contributed by atoms with Gasteiger partial charge in [0.15, 0.2) is 5.69 Å². The molecule has 1 aromatic rings. The summed E-state index contributed by atoms with van der Waals surface area (Å²) < 4.78 is 6.20. The molecule has 0 aliphatic carbocycles. The SMILES string of the molecule is COC(=O)c1nnn(C(C)C(=O)NCC(C)C)c1C(C)C. The normalized spacial score (nSPS) is 12.6. The predicted octanol–water partition coefficient (Wildman–Crippen LogP) is 1.52. The molecule has 0 saturated carbocycles. The van der Waals surface area contributed by atoms with E-state index < -0.39 is 12.0 Å². The zero-order valence-corrected chi connectivity index (χ0v) is 13.5. The lowest BCUT2D eigenvalue weighted by Crippen LogP contribution is -2.34. The smallest absolute Gasteiger partial charge is 0.360 e. The number of ether oxygens (including phenoxy) is 1. The third-order valence-electron chi connectivity index (χ3n) is 3.09. The van der Waals surface area contributed by atoms with Crippen LogP contribution in [0.25, 0.3) is 0 Å². The van der Waals surface area contributed by atoms with E-state index >= 15 is 0 Å². The second-order valence-corrected chi connectivity index (χ2v) is 5.73. The Balaban J connectivity index is 3.04. The molecule has 7 heteroatoms. The van der Waals surface area contributed by atoms with Gasteiger partial charge in [-0.2, -0.15) is 0 Å². The summed E-state index contributed by atoms with van der Waals surface area (Å²) in [6.45, 7) is 10.2. The van der Waals surface area contributed by atoms with Crippen LogP contribution in [-0.2, 0) is 9.53 Å². The second kappa shape index (κ2) is 7.19. The van der Waals surface area contributed by atoms with E-state index in [9.17, 15) is 9.59 Å². The number of hydrogen-bond donors (Lipinski definition) is 1. The zero-order chi connectivity index (χ0) is 16.2. The summed E-state index contributed by atoms with van der Waals surface area (Å²) in [6, 6.07) is -0.535. The molecule has 0 aliphatic heterocycles. The highest BCUT2D eigenvalue weighted by Crippen LogP contribution is 2.21. The van der Waals surface area contributed by atoms with Gasteiger partial charge < -0.3 is 10.1 Å². The molecule has 7 nitrogen and oxygen atoms in total. The molecule has 0 aliphatic rings. The maximum Gasteiger partial charge on any atom is 0.360 e. The fourth-order valence-corrected chi connectivity index (χ4v) is 1.93. The van der Waals surface area contributed by atoms with E-state index in [1.807, 2.05) is 27.7 Å². The Morgan fingerprint density at radius 2 is 1.86 bits per heavy atom. The Morgan fingerprint density at radius 3 is 2.33 bits per heavy atom. The molecule has 1 rings (SSSR count). The van der Waals surface area contributed by atoms with E-state index in [0.717, 1.165) is 0 Å². The van der Waals surface area contributed by atoms with Crippen molar-refractivity contribution in [3.8, 4) is 0 Å². The number of esters is 1. The van der Waals surface area contributed by atoms with Crippen LogP contribution < -0.4 is 5.32 Å². The van der Waals surface area contributed by atoms with Gasteiger partial charge in [0, 0.05) is 6.54 Å². The molecular formula is C14H24N4O3. The van der Waals surface area contributed by atoms with Gasteiger partial charge >= 0.3 is 5.97 Å². The zero-order valence-electron chi connectivity index (χ0n) is 13.5. The number of hydrogen-bond acceptors (Lipinski definition) is 5. The summed E-state index contributed by atoms with van der Waals surface area (Å²) in [7, 11) is 1.30. The Morgan fingerprint density at radius 1 is 1.24 bits per heavy atom. The van der Waals surface area contributed by atoms with Crippen LogP contribution in [0.15, 0.2) is 0 Å². The lowest BCUT2D eigenvalue weighted by atomic mass is 10.1. The van der Waals surface area contributed by atoms with Crippen LogP contribution in [0.3, 0.4) is 0 Å². The maximum absolute atomic E-state index is 12.2. The molecule has 0 fully saturated rings. The highest BCUT2D eigenvalue weighted by atomic mass is 16.5. The third-order valence-corrected chi connectivity index (χ3v) is 3.09. The van der Waals surface area contributed by atoms with Gasteiger partial charge in [-0.1, -0.05) is 32.9 Å². The third kappa shape index (κ3) is 4.03. The summed E-state index contributed by atoms with van der Waals surface area (Å²) in [5.41, 5.74) is 0.769. The standard InChI is InChI=1S/C14H24N4O3/c1-8(2)7-15-13(19)10(5)18-12(9(3)4)11(16-17-18)14(20)21-6/h8-10H,7H2,1-6H3,(H,15,19). The number of nitrogens with zero attached hydrogens (tertiary/aromatic N) is 3. The molecular weight excluding hydrogens is 272 g/mol. The molecule has 0 saturated heterocycles. The number of rotatable bonds is 6. The van der Waals surface area contributed by atoms with E-state index in [0.29, 0.717) is 18.2 Å². The Hall–Kier alpha value is -1.92. The van der Waals surface area contributed by atoms with Crippen molar-refractivity contribution in [1.82, 2.24) is 20.3 Å². The molecule has 21 heavy (non-hydrogen) atoms. The van der Waals surface area contributed by atoms with Crippen LogP contribution in [0.4, 0.5) is 0 Å².